The van der Waals surface area contributed by atoms with Crippen molar-refractivity contribution in [3.63, 3.8) is 0 Å². The molecule has 1 aliphatic heterocycles. The summed E-state index contributed by atoms with van der Waals surface area (Å²) in [4.78, 5) is 14.0. The van der Waals surface area contributed by atoms with E-state index in [1.165, 1.54) is 18.4 Å². The molecule has 0 N–H and O–H groups in total. The van der Waals surface area contributed by atoms with E-state index in [1.807, 2.05) is 29.0 Å². The van der Waals surface area contributed by atoms with Crippen molar-refractivity contribution in [3.8, 4) is 0 Å². The number of likely N-dealkylation sites (tertiary alicyclic amines) is 1. The molecule has 1 amide bonds. The van der Waals surface area contributed by atoms with Gasteiger partial charge in [-0.2, -0.15) is 5.10 Å². The summed E-state index contributed by atoms with van der Waals surface area (Å²) in [7, 11) is 1.92. The van der Waals surface area contributed by atoms with Crippen molar-refractivity contribution in [3.05, 3.63) is 18.0 Å². The minimum absolute atomic E-state index is 0.0572. The molecule has 1 unspecified atom stereocenters. The van der Waals surface area contributed by atoms with Gasteiger partial charge in [0.05, 0.1) is 12.8 Å². The Morgan fingerprint density at radius 3 is 2.85 bits per heavy atom. The number of carbonyl (C=O) groups excluding carboxylic acids is 1. The van der Waals surface area contributed by atoms with E-state index in [2.05, 4.69) is 18.9 Å². The first-order valence-electron chi connectivity index (χ1n) is 7.36. The highest BCUT2D eigenvalue weighted by molar-refractivity contribution is 5.68. The van der Waals surface area contributed by atoms with E-state index in [-0.39, 0.29) is 11.5 Å². The van der Waals surface area contributed by atoms with E-state index < -0.39 is 0 Å². The van der Waals surface area contributed by atoms with Gasteiger partial charge in [-0.15, -0.1) is 0 Å². The third-order valence-corrected chi connectivity index (χ3v) is 4.47. The summed E-state index contributed by atoms with van der Waals surface area (Å²) >= 11 is 0. The van der Waals surface area contributed by atoms with Crippen LogP contribution in [-0.4, -0.2) is 40.5 Å². The number of carbonyl (C=O) groups is 1. The second kappa shape index (κ2) is 4.79. The quantitative estimate of drug-likeness (QED) is 0.852. The topological polar surface area (TPSA) is 47.4 Å². The van der Waals surface area contributed by atoms with Gasteiger partial charge in [-0.05, 0) is 29.7 Å². The lowest BCUT2D eigenvalue weighted by Crippen LogP contribution is -2.31. The van der Waals surface area contributed by atoms with Gasteiger partial charge in [0, 0.05) is 32.3 Å². The maximum Gasteiger partial charge on any atom is 0.409 e. The van der Waals surface area contributed by atoms with Crippen molar-refractivity contribution in [2.45, 2.75) is 32.6 Å². The van der Waals surface area contributed by atoms with Crippen LogP contribution < -0.4 is 0 Å². The maximum absolute atomic E-state index is 12.1. The summed E-state index contributed by atoms with van der Waals surface area (Å²) in [5.41, 5.74) is 1.26. The predicted molar refractivity (Wildman–Crippen MR) is 75.4 cm³/mol. The van der Waals surface area contributed by atoms with Crippen molar-refractivity contribution in [1.82, 2.24) is 14.7 Å². The normalized spacial score (nSPS) is 24.9. The van der Waals surface area contributed by atoms with Crippen LogP contribution in [0.25, 0.3) is 0 Å². The summed E-state index contributed by atoms with van der Waals surface area (Å²) in [6, 6.07) is 0. The lowest BCUT2D eigenvalue weighted by Gasteiger charge is -2.24. The Morgan fingerprint density at radius 1 is 1.50 bits per heavy atom. The van der Waals surface area contributed by atoms with Gasteiger partial charge in [0.2, 0.25) is 0 Å². The smallest absolute Gasteiger partial charge is 0.409 e. The molecular formula is C15H23N3O2. The van der Waals surface area contributed by atoms with E-state index in [4.69, 9.17) is 4.74 Å². The number of aromatic nitrogens is 2. The largest absolute Gasteiger partial charge is 0.449 e. The number of rotatable bonds is 3. The Kier molecular flexibility index (Phi) is 3.22. The van der Waals surface area contributed by atoms with Gasteiger partial charge >= 0.3 is 6.09 Å². The van der Waals surface area contributed by atoms with Crippen LogP contribution in [0, 0.1) is 11.3 Å². The van der Waals surface area contributed by atoms with Crippen LogP contribution in [0.5, 0.6) is 0 Å². The zero-order valence-electron chi connectivity index (χ0n) is 12.5. The zero-order chi connectivity index (χ0) is 14.3. The number of aryl methyl sites for hydroxylation is 1. The third-order valence-electron chi connectivity index (χ3n) is 4.47. The molecule has 1 aliphatic carbocycles. The molecule has 1 saturated heterocycles. The minimum Gasteiger partial charge on any atom is -0.449 e. The summed E-state index contributed by atoms with van der Waals surface area (Å²) in [5.74, 6) is 0.938. The molecule has 3 rings (SSSR count). The molecule has 2 heterocycles. The van der Waals surface area contributed by atoms with Crippen LogP contribution in [0.1, 0.15) is 38.2 Å². The van der Waals surface area contributed by atoms with Crippen LogP contribution in [-0.2, 0) is 11.8 Å². The van der Waals surface area contributed by atoms with E-state index in [0.717, 1.165) is 13.1 Å². The number of hydrogen-bond donors (Lipinski definition) is 0. The van der Waals surface area contributed by atoms with Gasteiger partial charge in [0.15, 0.2) is 0 Å². The van der Waals surface area contributed by atoms with Gasteiger partial charge in [-0.3, -0.25) is 4.68 Å². The molecule has 110 valence electrons. The van der Waals surface area contributed by atoms with Crippen molar-refractivity contribution >= 4 is 6.09 Å². The molecule has 2 aliphatic rings. The first-order chi connectivity index (χ1) is 9.45. The molecule has 1 saturated carbocycles. The molecular weight excluding hydrogens is 254 g/mol. The standard InChI is InChI=1S/C15H23N3O2/c1-15(2)10-18(14(19)20-9-11-4-5-11)8-13(15)12-6-16-17(3)7-12/h6-7,11,13H,4-5,8-10H2,1-3H3. The van der Waals surface area contributed by atoms with Crippen LogP contribution in [0.2, 0.25) is 0 Å². The second-order valence-electron chi connectivity index (χ2n) is 6.89. The minimum atomic E-state index is -0.156. The van der Waals surface area contributed by atoms with Crippen molar-refractivity contribution in [2.75, 3.05) is 19.7 Å². The monoisotopic (exact) mass is 277 g/mol. The molecule has 1 atom stereocenters. The van der Waals surface area contributed by atoms with Crippen molar-refractivity contribution < 1.29 is 9.53 Å². The van der Waals surface area contributed by atoms with Crippen LogP contribution >= 0.6 is 0 Å². The molecule has 5 heteroatoms. The Balaban J connectivity index is 1.66. The Labute approximate surface area is 119 Å². The van der Waals surface area contributed by atoms with Gasteiger partial charge in [-0.25, -0.2) is 4.79 Å². The highest BCUT2D eigenvalue weighted by Crippen LogP contribution is 2.42. The van der Waals surface area contributed by atoms with E-state index in [1.54, 1.807) is 0 Å². The fourth-order valence-electron chi connectivity index (χ4n) is 3.01. The molecule has 20 heavy (non-hydrogen) atoms. The first-order valence-corrected chi connectivity index (χ1v) is 7.36. The number of ether oxygens (including phenoxy) is 1. The Bertz CT molecular complexity index is 505. The number of amides is 1. The van der Waals surface area contributed by atoms with E-state index in [9.17, 15) is 4.79 Å². The van der Waals surface area contributed by atoms with E-state index >= 15 is 0 Å². The van der Waals surface area contributed by atoms with Crippen LogP contribution in [0.4, 0.5) is 4.79 Å². The lowest BCUT2D eigenvalue weighted by atomic mass is 9.79. The highest BCUT2D eigenvalue weighted by atomic mass is 16.6. The molecule has 0 bridgehead atoms. The molecule has 0 spiro atoms. The predicted octanol–water partition coefficient (Wildman–Crippen LogP) is 2.39. The molecule has 1 aromatic heterocycles. The molecule has 2 fully saturated rings. The SMILES string of the molecule is Cn1cc(C2CN(C(=O)OCC3CC3)CC2(C)C)cn1. The van der Waals surface area contributed by atoms with Gasteiger partial charge < -0.3 is 9.64 Å². The highest BCUT2D eigenvalue weighted by Gasteiger charge is 2.43. The lowest BCUT2D eigenvalue weighted by molar-refractivity contribution is 0.103. The number of hydrogen-bond acceptors (Lipinski definition) is 3. The summed E-state index contributed by atoms with van der Waals surface area (Å²) < 4.78 is 7.22. The third kappa shape index (κ3) is 2.67. The second-order valence-corrected chi connectivity index (χ2v) is 6.89. The van der Waals surface area contributed by atoms with Gasteiger partial charge in [0.1, 0.15) is 0 Å². The van der Waals surface area contributed by atoms with E-state index in [0.29, 0.717) is 18.4 Å². The molecule has 0 radical (unpaired) electrons. The summed E-state index contributed by atoms with van der Waals surface area (Å²) in [6.45, 7) is 6.48. The average molecular weight is 277 g/mol. The average Bonchev–Trinajstić information content (AvgIpc) is 3.03. The van der Waals surface area contributed by atoms with Crippen molar-refractivity contribution in [2.24, 2.45) is 18.4 Å². The fourth-order valence-corrected chi connectivity index (χ4v) is 3.01. The van der Waals surface area contributed by atoms with Crippen LogP contribution in [0.3, 0.4) is 0 Å². The van der Waals surface area contributed by atoms with Gasteiger partial charge in [0.25, 0.3) is 0 Å². The molecule has 0 aromatic carbocycles. The molecule has 5 nitrogen and oxygen atoms in total. The summed E-state index contributed by atoms with van der Waals surface area (Å²) in [5, 5.41) is 4.25. The zero-order valence-corrected chi connectivity index (χ0v) is 12.5. The van der Waals surface area contributed by atoms with Gasteiger partial charge in [-0.1, -0.05) is 13.8 Å². The first kappa shape index (κ1) is 13.5. The number of nitrogens with zero attached hydrogens (tertiary/aromatic N) is 3. The fraction of sp³-hybridized carbons (Fsp3) is 0.733. The van der Waals surface area contributed by atoms with Crippen molar-refractivity contribution in [1.29, 1.82) is 0 Å². The Morgan fingerprint density at radius 2 is 2.25 bits per heavy atom. The maximum atomic E-state index is 12.1. The Hall–Kier alpha value is -1.52. The summed E-state index contributed by atoms with van der Waals surface area (Å²) in [6.07, 6.45) is 6.21. The van der Waals surface area contributed by atoms with Crippen LogP contribution in [0.15, 0.2) is 12.4 Å². The molecule has 1 aromatic rings.